The topological polar surface area (TPSA) is 55.8 Å². The van der Waals surface area contributed by atoms with E-state index in [1.807, 2.05) is 41.5 Å². The van der Waals surface area contributed by atoms with E-state index in [9.17, 15) is 9.59 Å². The quantitative estimate of drug-likeness (QED) is 0.439. The van der Waals surface area contributed by atoms with E-state index in [4.69, 9.17) is 9.47 Å². The summed E-state index contributed by atoms with van der Waals surface area (Å²) in [5.74, 6) is -0.301. The summed E-state index contributed by atoms with van der Waals surface area (Å²) in [6.07, 6.45) is 3.33. The van der Waals surface area contributed by atoms with Gasteiger partial charge in [-0.3, -0.25) is 9.69 Å². The van der Waals surface area contributed by atoms with Gasteiger partial charge in [-0.1, -0.05) is 41.5 Å². The van der Waals surface area contributed by atoms with Gasteiger partial charge in [-0.05, 0) is 40.5 Å². The first-order valence-corrected chi connectivity index (χ1v) is 10.6. The van der Waals surface area contributed by atoms with Gasteiger partial charge in [0.15, 0.2) is 0 Å². The molecule has 1 rings (SSSR count). The van der Waals surface area contributed by atoms with E-state index < -0.39 is 0 Å². The second-order valence-electron chi connectivity index (χ2n) is 6.97. The molecule has 1 fully saturated rings. The van der Waals surface area contributed by atoms with Gasteiger partial charge in [-0.15, -0.1) is 0 Å². The second-order valence-corrected chi connectivity index (χ2v) is 6.97. The van der Waals surface area contributed by atoms with Crippen LogP contribution in [0.25, 0.3) is 0 Å². The molecule has 0 aromatic carbocycles. The lowest BCUT2D eigenvalue weighted by Gasteiger charge is -2.55. The Morgan fingerprint density at radius 2 is 1.44 bits per heavy atom. The van der Waals surface area contributed by atoms with Gasteiger partial charge in [0.05, 0.1) is 12.5 Å². The van der Waals surface area contributed by atoms with Crippen LogP contribution in [0.15, 0.2) is 0 Å². The average molecular weight is 390 g/mol. The molecule has 27 heavy (non-hydrogen) atoms. The summed E-state index contributed by atoms with van der Waals surface area (Å²) in [7, 11) is 1.77. The summed E-state index contributed by atoms with van der Waals surface area (Å²) in [4.78, 5) is 24.1. The van der Waals surface area contributed by atoms with Gasteiger partial charge in [0, 0.05) is 31.2 Å². The second kappa shape index (κ2) is 17.2. The molecule has 5 nitrogen and oxygen atoms in total. The third-order valence-electron chi connectivity index (χ3n) is 4.29. The Hall–Kier alpha value is -0.940. The van der Waals surface area contributed by atoms with Crippen molar-refractivity contribution in [3.05, 3.63) is 0 Å². The van der Waals surface area contributed by atoms with Gasteiger partial charge >= 0.3 is 5.97 Å². The van der Waals surface area contributed by atoms with E-state index in [1.165, 1.54) is 0 Å². The van der Waals surface area contributed by atoms with Crippen LogP contribution in [0.2, 0.25) is 0 Å². The van der Waals surface area contributed by atoms with Crippen molar-refractivity contribution in [2.75, 3.05) is 20.3 Å². The smallest absolute Gasteiger partial charge is 0.306 e. The Kier molecular flexibility index (Phi) is 19.6. The minimum Gasteiger partial charge on any atom is -0.464 e. The number of methoxy groups -OCH3 is 1. The number of likely N-dealkylation sites (tertiary alicyclic amines) is 1. The van der Waals surface area contributed by atoms with Crippen molar-refractivity contribution >= 4 is 12.3 Å². The van der Waals surface area contributed by atoms with Crippen LogP contribution in [-0.4, -0.2) is 54.6 Å². The van der Waals surface area contributed by atoms with E-state index >= 15 is 0 Å². The predicted octanol–water partition coefficient (Wildman–Crippen LogP) is 5.26. The number of carbonyl (C=O) groups excluding carboxylic acids is 2. The number of hydrogen-bond donors (Lipinski definition) is 0. The van der Waals surface area contributed by atoms with Crippen LogP contribution >= 0.6 is 0 Å². The van der Waals surface area contributed by atoms with E-state index in [0.29, 0.717) is 13.2 Å². The minimum atomic E-state index is -0.301. The van der Waals surface area contributed by atoms with Crippen molar-refractivity contribution in [1.82, 2.24) is 4.90 Å². The number of piperidine rings is 1. The molecule has 0 bridgehead atoms. The molecule has 0 aliphatic carbocycles. The summed E-state index contributed by atoms with van der Waals surface area (Å²) in [6, 6.07) is 0. The Balaban J connectivity index is -0.000000869. The van der Waals surface area contributed by atoms with Crippen LogP contribution in [-0.2, 0) is 19.1 Å². The molecule has 164 valence electrons. The molecule has 0 radical (unpaired) electrons. The molecule has 0 saturated carbocycles. The summed E-state index contributed by atoms with van der Waals surface area (Å²) in [6.45, 7) is 21.9. The maximum atomic E-state index is 11.4. The first-order valence-electron chi connectivity index (χ1n) is 10.6. The maximum Gasteiger partial charge on any atom is 0.306 e. The van der Waals surface area contributed by atoms with Gasteiger partial charge in [0.25, 0.3) is 0 Å². The number of aldehydes is 1. The van der Waals surface area contributed by atoms with Crippen molar-refractivity contribution in [2.24, 2.45) is 0 Å². The molecule has 0 atom stereocenters. The molecule has 0 aromatic heterocycles. The fraction of sp³-hybridized carbons (Fsp3) is 0.909. The third-order valence-corrected chi connectivity index (χ3v) is 4.29. The molecule has 1 aliphatic heterocycles. The van der Waals surface area contributed by atoms with Crippen LogP contribution < -0.4 is 0 Å². The largest absolute Gasteiger partial charge is 0.464 e. The van der Waals surface area contributed by atoms with Crippen molar-refractivity contribution in [3.8, 4) is 0 Å². The van der Waals surface area contributed by atoms with E-state index in [0.717, 1.165) is 19.1 Å². The van der Waals surface area contributed by atoms with Crippen molar-refractivity contribution < 1.29 is 19.1 Å². The number of hydrogen-bond acceptors (Lipinski definition) is 5. The zero-order valence-electron chi connectivity index (χ0n) is 20.0. The van der Waals surface area contributed by atoms with Crippen LogP contribution in [0.3, 0.4) is 0 Å². The number of nitrogens with zero attached hydrogens (tertiary/aromatic N) is 1. The number of carbonyl (C=O) groups is 2. The Labute approximate surface area is 169 Å². The highest BCUT2D eigenvalue weighted by molar-refractivity contribution is 5.72. The molecule has 1 aliphatic rings. The zero-order valence-corrected chi connectivity index (χ0v) is 20.0. The lowest BCUT2D eigenvalue weighted by Crippen LogP contribution is -2.62. The van der Waals surface area contributed by atoms with Gasteiger partial charge < -0.3 is 14.3 Å². The standard InChI is InChI=1S/C16H29NO4.3C2H6/c1-15(2)11-13(20-5)12-16(3,4)17(15)8-10-21-14(19)7-6-9-18;3*1-2/h9,13H,6-8,10-12H2,1-5H3;3*1-2H3. The van der Waals surface area contributed by atoms with Crippen molar-refractivity contribution in [3.63, 3.8) is 0 Å². The van der Waals surface area contributed by atoms with Gasteiger partial charge in [-0.25, -0.2) is 0 Å². The Morgan fingerprint density at radius 1 is 1.00 bits per heavy atom. The Bertz CT molecular complexity index is 349. The lowest BCUT2D eigenvalue weighted by atomic mass is 9.78. The zero-order chi connectivity index (χ0) is 22.1. The highest BCUT2D eigenvalue weighted by Crippen LogP contribution is 2.38. The SMILES string of the molecule is CC.CC.CC.COC1CC(C)(C)N(CCOC(=O)CCC=O)C(C)(C)C1. The molecule has 1 saturated heterocycles. The van der Waals surface area contributed by atoms with Crippen LogP contribution in [0.5, 0.6) is 0 Å². The fourth-order valence-corrected chi connectivity index (χ4v) is 3.50. The van der Waals surface area contributed by atoms with Gasteiger partial charge in [0.2, 0.25) is 0 Å². The van der Waals surface area contributed by atoms with Gasteiger partial charge in [-0.2, -0.15) is 0 Å². The van der Waals surface area contributed by atoms with E-state index in [-0.39, 0.29) is 36.0 Å². The minimum absolute atomic E-state index is 0.00235. The third kappa shape index (κ3) is 12.2. The predicted molar refractivity (Wildman–Crippen MR) is 115 cm³/mol. The van der Waals surface area contributed by atoms with Crippen molar-refractivity contribution in [2.45, 2.75) is 112 Å². The highest BCUT2D eigenvalue weighted by atomic mass is 16.5. The molecule has 5 heteroatoms. The average Bonchev–Trinajstić information content (AvgIpc) is 2.66. The van der Waals surface area contributed by atoms with Gasteiger partial charge in [0.1, 0.15) is 12.9 Å². The number of ether oxygens (including phenoxy) is 2. The number of esters is 1. The van der Waals surface area contributed by atoms with Crippen LogP contribution in [0.4, 0.5) is 0 Å². The summed E-state index contributed by atoms with van der Waals surface area (Å²) >= 11 is 0. The summed E-state index contributed by atoms with van der Waals surface area (Å²) < 4.78 is 10.8. The maximum absolute atomic E-state index is 11.4. The van der Waals surface area contributed by atoms with E-state index in [1.54, 1.807) is 7.11 Å². The fourth-order valence-electron chi connectivity index (χ4n) is 3.50. The highest BCUT2D eigenvalue weighted by Gasteiger charge is 2.45. The first-order chi connectivity index (χ1) is 12.7. The van der Waals surface area contributed by atoms with Crippen molar-refractivity contribution in [1.29, 1.82) is 0 Å². The lowest BCUT2D eigenvalue weighted by molar-refractivity contribution is -0.148. The molecule has 0 aromatic rings. The van der Waals surface area contributed by atoms with Crippen LogP contribution in [0, 0.1) is 0 Å². The van der Waals surface area contributed by atoms with E-state index in [2.05, 4.69) is 32.6 Å². The first kappa shape index (κ1) is 30.8. The molecule has 0 unspecified atom stereocenters. The summed E-state index contributed by atoms with van der Waals surface area (Å²) in [5.41, 5.74) is -0.00470. The summed E-state index contributed by atoms with van der Waals surface area (Å²) in [5, 5.41) is 0. The normalized spacial score (nSPS) is 17.7. The molecule has 0 N–H and O–H groups in total. The molecule has 1 heterocycles. The molecular weight excluding hydrogens is 342 g/mol. The van der Waals surface area contributed by atoms with Crippen LogP contribution in [0.1, 0.15) is 94.9 Å². The number of rotatable bonds is 7. The molecule has 0 spiro atoms. The monoisotopic (exact) mass is 389 g/mol. The molecule has 0 amide bonds. The Morgan fingerprint density at radius 3 is 1.81 bits per heavy atom. The molecular formula is C22H47NO4.